The second kappa shape index (κ2) is 9.10. The minimum atomic E-state index is -0.598. The number of ether oxygens (including phenoxy) is 1. The van der Waals surface area contributed by atoms with Crippen molar-refractivity contribution in [3.05, 3.63) is 95.3 Å². The van der Waals surface area contributed by atoms with Crippen LogP contribution in [0, 0.1) is 18.6 Å². The molecule has 1 aromatic heterocycles. The molecule has 3 rings (SSSR count). The summed E-state index contributed by atoms with van der Waals surface area (Å²) in [6.45, 7) is 3.72. The van der Waals surface area contributed by atoms with Crippen molar-refractivity contribution in [1.82, 2.24) is 10.3 Å². The molecular weight excluding hydrogens is 374 g/mol. The van der Waals surface area contributed by atoms with Gasteiger partial charge in [-0.3, -0.25) is 9.78 Å². The van der Waals surface area contributed by atoms with Gasteiger partial charge in [-0.1, -0.05) is 12.1 Å². The molecule has 29 heavy (non-hydrogen) atoms. The van der Waals surface area contributed by atoms with Gasteiger partial charge in [0.1, 0.15) is 23.1 Å². The van der Waals surface area contributed by atoms with E-state index in [9.17, 15) is 13.6 Å². The number of amides is 1. The zero-order chi connectivity index (χ0) is 20.8. The van der Waals surface area contributed by atoms with Crippen LogP contribution in [0.4, 0.5) is 8.78 Å². The molecule has 0 saturated carbocycles. The normalized spacial score (nSPS) is 12.0. The van der Waals surface area contributed by atoms with Crippen molar-refractivity contribution in [3.63, 3.8) is 0 Å². The highest BCUT2D eigenvalue weighted by Crippen LogP contribution is 2.24. The molecule has 4 nitrogen and oxygen atoms in total. The van der Waals surface area contributed by atoms with E-state index < -0.39 is 17.5 Å². The van der Waals surface area contributed by atoms with Gasteiger partial charge >= 0.3 is 0 Å². The third kappa shape index (κ3) is 5.72. The predicted octanol–water partition coefficient (Wildman–Crippen LogP) is 5.35. The van der Waals surface area contributed by atoms with E-state index in [1.807, 2.05) is 50.2 Å². The van der Waals surface area contributed by atoms with Crippen LogP contribution in [0.15, 0.2) is 66.9 Å². The van der Waals surface area contributed by atoms with Gasteiger partial charge < -0.3 is 10.1 Å². The van der Waals surface area contributed by atoms with Gasteiger partial charge in [0.2, 0.25) is 5.91 Å². The van der Waals surface area contributed by atoms with E-state index in [4.69, 9.17) is 4.74 Å². The average Bonchev–Trinajstić information content (AvgIpc) is 2.70. The summed E-state index contributed by atoms with van der Waals surface area (Å²) >= 11 is 0. The van der Waals surface area contributed by atoms with E-state index in [1.54, 1.807) is 6.20 Å². The molecule has 1 atom stereocenters. The van der Waals surface area contributed by atoms with E-state index >= 15 is 0 Å². The standard InChI is InChI=1S/C23H20F2N2O2/c1-15-6-9-21(14-26-15)29-20-5-3-4-17(13-20)16(2)27-23(28)11-7-18-12-19(24)8-10-22(18)25/h3-14,16H,1-2H3,(H,27,28)/t16-/m1/s1. The first-order valence-corrected chi connectivity index (χ1v) is 9.05. The van der Waals surface area contributed by atoms with Gasteiger partial charge in [0.05, 0.1) is 12.2 Å². The number of nitrogens with zero attached hydrogens (tertiary/aromatic N) is 1. The fourth-order valence-electron chi connectivity index (χ4n) is 2.65. The van der Waals surface area contributed by atoms with Gasteiger partial charge in [-0.2, -0.15) is 0 Å². The van der Waals surface area contributed by atoms with Gasteiger partial charge in [0.15, 0.2) is 0 Å². The van der Waals surface area contributed by atoms with E-state index in [1.165, 1.54) is 12.2 Å². The number of hydrogen-bond acceptors (Lipinski definition) is 3. The highest BCUT2D eigenvalue weighted by atomic mass is 19.1. The van der Waals surface area contributed by atoms with Crippen LogP contribution in [0.25, 0.3) is 6.08 Å². The van der Waals surface area contributed by atoms with Gasteiger partial charge in [-0.25, -0.2) is 8.78 Å². The Balaban J connectivity index is 1.64. The van der Waals surface area contributed by atoms with E-state index in [2.05, 4.69) is 10.3 Å². The maximum atomic E-state index is 13.6. The molecule has 0 fully saturated rings. The zero-order valence-corrected chi connectivity index (χ0v) is 16.0. The minimum Gasteiger partial charge on any atom is -0.456 e. The molecule has 2 aromatic carbocycles. The third-order valence-corrected chi connectivity index (χ3v) is 4.21. The van der Waals surface area contributed by atoms with Crippen molar-refractivity contribution in [2.45, 2.75) is 19.9 Å². The number of nitrogens with one attached hydrogen (secondary N) is 1. The summed E-state index contributed by atoms with van der Waals surface area (Å²) < 4.78 is 32.6. The van der Waals surface area contributed by atoms with Gasteiger partial charge in [-0.15, -0.1) is 0 Å². The summed E-state index contributed by atoms with van der Waals surface area (Å²) in [4.78, 5) is 16.3. The molecule has 6 heteroatoms. The zero-order valence-electron chi connectivity index (χ0n) is 16.0. The summed E-state index contributed by atoms with van der Waals surface area (Å²) in [7, 11) is 0. The molecule has 148 valence electrons. The fraction of sp³-hybridized carbons (Fsp3) is 0.130. The van der Waals surface area contributed by atoms with Crippen molar-refractivity contribution >= 4 is 12.0 Å². The van der Waals surface area contributed by atoms with Crippen LogP contribution in [0.1, 0.15) is 29.8 Å². The largest absolute Gasteiger partial charge is 0.456 e. The van der Waals surface area contributed by atoms with Crippen molar-refractivity contribution in [3.8, 4) is 11.5 Å². The molecule has 0 aliphatic rings. The third-order valence-electron chi connectivity index (χ3n) is 4.21. The molecule has 0 aliphatic carbocycles. The molecule has 0 saturated heterocycles. The second-order valence-corrected chi connectivity index (χ2v) is 6.54. The van der Waals surface area contributed by atoms with Crippen molar-refractivity contribution in [2.75, 3.05) is 0 Å². The molecule has 0 spiro atoms. The van der Waals surface area contributed by atoms with Crippen LogP contribution in [0.3, 0.4) is 0 Å². The van der Waals surface area contributed by atoms with Crippen LogP contribution >= 0.6 is 0 Å². The van der Waals surface area contributed by atoms with E-state index in [0.29, 0.717) is 11.5 Å². The average molecular weight is 394 g/mol. The van der Waals surface area contributed by atoms with Crippen molar-refractivity contribution < 1.29 is 18.3 Å². The maximum Gasteiger partial charge on any atom is 0.244 e. The molecule has 0 unspecified atom stereocenters. The Kier molecular flexibility index (Phi) is 6.34. The number of pyridine rings is 1. The Morgan fingerprint density at radius 2 is 1.93 bits per heavy atom. The van der Waals surface area contributed by atoms with Crippen LogP contribution in [-0.4, -0.2) is 10.9 Å². The van der Waals surface area contributed by atoms with Crippen LogP contribution in [0.5, 0.6) is 11.5 Å². The molecule has 1 N–H and O–H groups in total. The smallest absolute Gasteiger partial charge is 0.244 e. The quantitative estimate of drug-likeness (QED) is 0.573. The van der Waals surface area contributed by atoms with Crippen LogP contribution < -0.4 is 10.1 Å². The summed E-state index contributed by atoms with van der Waals surface area (Å²) in [5, 5.41) is 2.79. The first-order chi connectivity index (χ1) is 13.9. The minimum absolute atomic E-state index is 0.00917. The number of carbonyl (C=O) groups is 1. The van der Waals surface area contributed by atoms with Crippen molar-refractivity contribution in [2.24, 2.45) is 0 Å². The van der Waals surface area contributed by atoms with Gasteiger partial charge in [-0.05, 0) is 68.0 Å². The molecule has 1 heterocycles. The van der Waals surface area contributed by atoms with Gasteiger partial charge in [0.25, 0.3) is 0 Å². The monoisotopic (exact) mass is 394 g/mol. The number of carbonyl (C=O) groups excluding carboxylic acids is 1. The van der Waals surface area contributed by atoms with Crippen molar-refractivity contribution in [1.29, 1.82) is 0 Å². The fourth-order valence-corrected chi connectivity index (χ4v) is 2.65. The summed E-state index contributed by atoms with van der Waals surface area (Å²) in [6.07, 6.45) is 4.06. The highest BCUT2D eigenvalue weighted by Gasteiger charge is 2.10. The van der Waals surface area contributed by atoms with E-state index in [-0.39, 0.29) is 11.6 Å². The van der Waals surface area contributed by atoms with Gasteiger partial charge in [0, 0.05) is 17.3 Å². The van der Waals surface area contributed by atoms with Crippen LogP contribution in [-0.2, 0) is 4.79 Å². The SMILES string of the molecule is Cc1ccc(Oc2cccc([C@@H](C)NC(=O)C=Cc3cc(F)ccc3F)c2)cn1. The Morgan fingerprint density at radius 1 is 1.10 bits per heavy atom. The molecule has 3 aromatic rings. The summed E-state index contributed by atoms with van der Waals surface area (Å²) in [5.74, 6) is -0.356. The summed E-state index contributed by atoms with van der Waals surface area (Å²) in [6, 6.07) is 13.8. The Bertz CT molecular complexity index is 1030. The lowest BCUT2D eigenvalue weighted by molar-refractivity contribution is -0.117. The molecule has 1 amide bonds. The number of rotatable bonds is 6. The lowest BCUT2D eigenvalue weighted by Crippen LogP contribution is -2.24. The Hall–Kier alpha value is -3.54. The van der Waals surface area contributed by atoms with Crippen LogP contribution in [0.2, 0.25) is 0 Å². The lowest BCUT2D eigenvalue weighted by Gasteiger charge is -2.14. The number of benzene rings is 2. The topological polar surface area (TPSA) is 51.2 Å². The lowest BCUT2D eigenvalue weighted by atomic mass is 10.1. The second-order valence-electron chi connectivity index (χ2n) is 6.54. The van der Waals surface area contributed by atoms with E-state index in [0.717, 1.165) is 29.5 Å². The predicted molar refractivity (Wildman–Crippen MR) is 107 cm³/mol. The molecule has 0 aliphatic heterocycles. The summed E-state index contributed by atoms with van der Waals surface area (Å²) in [5.41, 5.74) is 1.74. The number of hydrogen-bond donors (Lipinski definition) is 1. The number of halogens is 2. The molecular formula is C23H20F2N2O2. The molecule has 0 radical (unpaired) electrons. The maximum absolute atomic E-state index is 13.6. The first kappa shape index (κ1) is 20.2. The first-order valence-electron chi connectivity index (χ1n) is 9.05. The number of aromatic nitrogens is 1. The molecule has 0 bridgehead atoms. The Morgan fingerprint density at radius 3 is 2.69 bits per heavy atom. The number of aryl methyl sites for hydroxylation is 1. The highest BCUT2D eigenvalue weighted by molar-refractivity contribution is 5.92. The Labute approximate surface area is 167 Å².